The van der Waals surface area contributed by atoms with Gasteiger partial charge in [0.15, 0.2) is 0 Å². The predicted molar refractivity (Wildman–Crippen MR) is 74.2 cm³/mol. The molecular weight excluding hydrogens is 208 g/mol. The van der Waals surface area contributed by atoms with E-state index in [1.165, 1.54) is 51.7 Å². The first-order valence-corrected chi connectivity index (χ1v) is 7.69. The van der Waals surface area contributed by atoms with Crippen LogP contribution in [0.25, 0.3) is 0 Å². The highest BCUT2D eigenvalue weighted by Crippen LogP contribution is 2.30. The lowest BCUT2D eigenvalue weighted by Crippen LogP contribution is -2.46. The highest BCUT2D eigenvalue weighted by atomic mass is 15.2. The first kappa shape index (κ1) is 13.4. The van der Waals surface area contributed by atoms with Crippen molar-refractivity contribution in [2.75, 3.05) is 19.6 Å². The van der Waals surface area contributed by atoms with Gasteiger partial charge in [-0.05, 0) is 44.2 Å². The smallest absolute Gasteiger partial charge is 0.0220 e. The lowest BCUT2D eigenvalue weighted by atomic mass is 9.97. The van der Waals surface area contributed by atoms with Crippen molar-refractivity contribution in [3.8, 4) is 0 Å². The first-order chi connectivity index (χ1) is 8.22. The quantitative estimate of drug-likeness (QED) is 0.813. The second kappa shape index (κ2) is 6.19. The van der Waals surface area contributed by atoms with E-state index in [4.69, 9.17) is 0 Å². The van der Waals surface area contributed by atoms with Crippen LogP contribution in [-0.2, 0) is 0 Å². The van der Waals surface area contributed by atoms with Gasteiger partial charge >= 0.3 is 0 Å². The van der Waals surface area contributed by atoms with Gasteiger partial charge in [0.1, 0.15) is 0 Å². The van der Waals surface area contributed by atoms with Crippen molar-refractivity contribution in [1.82, 2.24) is 10.2 Å². The second-order valence-electron chi connectivity index (χ2n) is 6.27. The Kier molecular flexibility index (Phi) is 4.87. The van der Waals surface area contributed by atoms with Crippen LogP contribution in [0.2, 0.25) is 0 Å². The maximum atomic E-state index is 3.76. The van der Waals surface area contributed by atoms with Crippen LogP contribution in [0.15, 0.2) is 0 Å². The molecular formula is C15H30N2. The van der Waals surface area contributed by atoms with Gasteiger partial charge in [0.05, 0.1) is 0 Å². The standard InChI is InChI=1S/C15H30N2/c1-4-12(2)14-11-17(10-6-9-16-14)15-8-5-7-13(15)3/h12-16H,4-11H2,1-3H3. The maximum absolute atomic E-state index is 3.76. The van der Waals surface area contributed by atoms with Crippen LogP contribution in [0, 0.1) is 11.8 Å². The van der Waals surface area contributed by atoms with Crippen molar-refractivity contribution in [2.45, 2.75) is 65.0 Å². The van der Waals surface area contributed by atoms with E-state index >= 15 is 0 Å². The van der Waals surface area contributed by atoms with Gasteiger partial charge in [0.25, 0.3) is 0 Å². The predicted octanol–water partition coefficient (Wildman–Crippen LogP) is 2.89. The summed E-state index contributed by atoms with van der Waals surface area (Å²) in [4.78, 5) is 2.80. The van der Waals surface area contributed by atoms with Crippen LogP contribution in [0.4, 0.5) is 0 Å². The third-order valence-electron chi connectivity index (χ3n) is 5.08. The monoisotopic (exact) mass is 238 g/mol. The summed E-state index contributed by atoms with van der Waals surface area (Å²) in [6.07, 6.45) is 6.96. The Bertz CT molecular complexity index is 229. The van der Waals surface area contributed by atoms with Gasteiger partial charge in [-0.25, -0.2) is 0 Å². The van der Waals surface area contributed by atoms with Gasteiger partial charge in [-0.3, -0.25) is 4.90 Å². The molecule has 1 N–H and O–H groups in total. The SMILES string of the molecule is CCC(C)C1CN(C2CCCC2C)CCCN1. The Labute approximate surface area is 107 Å². The summed E-state index contributed by atoms with van der Waals surface area (Å²) in [6.45, 7) is 11.0. The van der Waals surface area contributed by atoms with Gasteiger partial charge in [-0.2, -0.15) is 0 Å². The zero-order chi connectivity index (χ0) is 12.3. The minimum atomic E-state index is 0.718. The van der Waals surface area contributed by atoms with Crippen molar-refractivity contribution in [2.24, 2.45) is 11.8 Å². The molecule has 1 saturated heterocycles. The van der Waals surface area contributed by atoms with E-state index in [1.54, 1.807) is 0 Å². The molecule has 100 valence electrons. The molecule has 4 atom stereocenters. The first-order valence-electron chi connectivity index (χ1n) is 7.69. The van der Waals surface area contributed by atoms with Crippen LogP contribution in [0.3, 0.4) is 0 Å². The molecule has 0 spiro atoms. The fraction of sp³-hybridized carbons (Fsp3) is 1.00. The summed E-state index contributed by atoms with van der Waals surface area (Å²) in [7, 11) is 0. The van der Waals surface area contributed by atoms with Crippen LogP contribution < -0.4 is 5.32 Å². The third-order valence-corrected chi connectivity index (χ3v) is 5.08. The molecule has 0 aromatic heterocycles. The lowest BCUT2D eigenvalue weighted by molar-refractivity contribution is 0.151. The minimum Gasteiger partial charge on any atom is -0.312 e. The molecule has 0 amide bonds. The molecule has 2 nitrogen and oxygen atoms in total. The Morgan fingerprint density at radius 1 is 1.29 bits per heavy atom. The number of nitrogens with zero attached hydrogens (tertiary/aromatic N) is 1. The maximum Gasteiger partial charge on any atom is 0.0220 e. The van der Waals surface area contributed by atoms with E-state index in [0.717, 1.165) is 23.9 Å². The topological polar surface area (TPSA) is 15.3 Å². The molecule has 1 aliphatic heterocycles. The number of hydrogen-bond acceptors (Lipinski definition) is 2. The number of hydrogen-bond donors (Lipinski definition) is 1. The molecule has 2 heteroatoms. The summed E-state index contributed by atoms with van der Waals surface area (Å²) in [5.74, 6) is 1.73. The average Bonchev–Trinajstić information content (AvgIpc) is 2.63. The number of rotatable bonds is 3. The van der Waals surface area contributed by atoms with Crippen molar-refractivity contribution in [1.29, 1.82) is 0 Å². The summed E-state index contributed by atoms with van der Waals surface area (Å²) >= 11 is 0. The fourth-order valence-corrected chi connectivity index (χ4v) is 3.61. The summed E-state index contributed by atoms with van der Waals surface area (Å²) < 4.78 is 0. The Balaban J connectivity index is 1.96. The average molecular weight is 238 g/mol. The Hall–Kier alpha value is -0.0800. The highest BCUT2D eigenvalue weighted by Gasteiger charge is 2.32. The van der Waals surface area contributed by atoms with Crippen LogP contribution >= 0.6 is 0 Å². The molecule has 2 fully saturated rings. The van der Waals surface area contributed by atoms with E-state index in [0.29, 0.717) is 0 Å². The number of nitrogens with one attached hydrogen (secondary N) is 1. The van der Waals surface area contributed by atoms with Crippen LogP contribution in [0.1, 0.15) is 52.9 Å². The van der Waals surface area contributed by atoms with Crippen LogP contribution in [0.5, 0.6) is 0 Å². The van der Waals surface area contributed by atoms with Gasteiger partial charge in [0, 0.05) is 18.6 Å². The van der Waals surface area contributed by atoms with E-state index in [-0.39, 0.29) is 0 Å². The molecule has 0 aromatic carbocycles. The molecule has 2 aliphatic rings. The van der Waals surface area contributed by atoms with Gasteiger partial charge in [-0.15, -0.1) is 0 Å². The fourth-order valence-electron chi connectivity index (χ4n) is 3.61. The highest BCUT2D eigenvalue weighted by molar-refractivity contribution is 4.88. The van der Waals surface area contributed by atoms with Crippen molar-refractivity contribution >= 4 is 0 Å². The second-order valence-corrected chi connectivity index (χ2v) is 6.27. The van der Waals surface area contributed by atoms with Gasteiger partial charge in [0.2, 0.25) is 0 Å². The Morgan fingerprint density at radius 2 is 2.12 bits per heavy atom. The molecule has 0 bridgehead atoms. The van der Waals surface area contributed by atoms with Crippen LogP contribution in [-0.4, -0.2) is 36.6 Å². The van der Waals surface area contributed by atoms with Crippen molar-refractivity contribution < 1.29 is 0 Å². The molecule has 2 rings (SSSR count). The summed E-state index contributed by atoms with van der Waals surface area (Å²) in [5, 5.41) is 3.76. The van der Waals surface area contributed by atoms with E-state index < -0.39 is 0 Å². The largest absolute Gasteiger partial charge is 0.312 e. The van der Waals surface area contributed by atoms with Gasteiger partial charge in [-0.1, -0.05) is 33.6 Å². The van der Waals surface area contributed by atoms with Crippen molar-refractivity contribution in [3.63, 3.8) is 0 Å². The minimum absolute atomic E-state index is 0.718. The molecule has 0 radical (unpaired) electrons. The molecule has 4 unspecified atom stereocenters. The zero-order valence-corrected chi connectivity index (χ0v) is 11.9. The van der Waals surface area contributed by atoms with Gasteiger partial charge < -0.3 is 5.32 Å². The zero-order valence-electron chi connectivity index (χ0n) is 11.9. The molecule has 1 heterocycles. The summed E-state index contributed by atoms with van der Waals surface area (Å²) in [6, 6.07) is 1.59. The van der Waals surface area contributed by atoms with E-state index in [2.05, 4.69) is 31.0 Å². The molecule has 1 saturated carbocycles. The third kappa shape index (κ3) is 3.23. The molecule has 0 aromatic rings. The van der Waals surface area contributed by atoms with E-state index in [9.17, 15) is 0 Å². The normalized spacial score (nSPS) is 37.9. The lowest BCUT2D eigenvalue weighted by Gasteiger charge is -2.34. The summed E-state index contributed by atoms with van der Waals surface area (Å²) in [5.41, 5.74) is 0. The molecule has 1 aliphatic carbocycles. The molecule has 17 heavy (non-hydrogen) atoms. The Morgan fingerprint density at radius 3 is 2.76 bits per heavy atom. The van der Waals surface area contributed by atoms with Crippen molar-refractivity contribution in [3.05, 3.63) is 0 Å². The van der Waals surface area contributed by atoms with E-state index in [1.807, 2.05) is 0 Å².